The quantitative estimate of drug-likeness (QED) is 0.212. The number of alkyl halides is 2. The van der Waals surface area contributed by atoms with Crippen molar-refractivity contribution >= 4 is 43.3 Å². The molecule has 0 bridgehead atoms. The number of nitrogens with one attached hydrogen (secondary N) is 2. The van der Waals surface area contributed by atoms with Gasteiger partial charge in [-0.2, -0.15) is 4.31 Å². The Bertz CT molecular complexity index is 1040. The molecule has 2 heterocycles. The minimum absolute atomic E-state index is 0.0109. The third-order valence-electron chi connectivity index (χ3n) is 4.04. The van der Waals surface area contributed by atoms with Crippen LogP contribution in [-0.4, -0.2) is 65.4 Å². The second kappa shape index (κ2) is 8.87. The maximum Gasteiger partial charge on any atom is 0.275 e. The first-order valence-corrected chi connectivity index (χ1v) is 10.9. The molecule has 0 amide bonds. The van der Waals surface area contributed by atoms with Crippen LogP contribution in [-0.2, 0) is 10.0 Å². The lowest BCUT2D eigenvalue weighted by molar-refractivity contribution is -0.0945. The standard InChI is InChI=1S/C15H16BrF3N6O4S/c16-10-6-9(2-3-11(10)17)21-14(22-26)12-13(24-29-23-12)20-4-1-5-30(27,28)25-7-15(18,19)8-25/h2-3,6,26H,1,4-5,7-8H2,(H,20,24)(H,21,22). The fourth-order valence-electron chi connectivity index (χ4n) is 2.53. The van der Waals surface area contributed by atoms with E-state index in [0.717, 1.165) is 4.31 Å². The van der Waals surface area contributed by atoms with Crippen molar-refractivity contribution in [2.45, 2.75) is 12.3 Å². The van der Waals surface area contributed by atoms with Crippen LogP contribution >= 0.6 is 15.9 Å². The lowest BCUT2D eigenvalue weighted by Gasteiger charge is -2.37. The fraction of sp³-hybridized carbons (Fsp3) is 0.400. The highest BCUT2D eigenvalue weighted by Crippen LogP contribution is 2.29. The Balaban J connectivity index is 1.60. The van der Waals surface area contributed by atoms with Crippen LogP contribution < -0.4 is 10.8 Å². The molecule has 3 rings (SSSR count). The fourth-order valence-corrected chi connectivity index (χ4v) is 4.44. The van der Waals surface area contributed by atoms with Crippen molar-refractivity contribution in [2.24, 2.45) is 4.99 Å². The number of benzene rings is 1. The van der Waals surface area contributed by atoms with Crippen LogP contribution in [0.5, 0.6) is 0 Å². The molecule has 1 fully saturated rings. The van der Waals surface area contributed by atoms with E-state index in [0.29, 0.717) is 0 Å². The van der Waals surface area contributed by atoms with E-state index in [4.69, 9.17) is 0 Å². The molecule has 1 saturated heterocycles. The maximum atomic E-state index is 13.3. The molecule has 3 N–H and O–H groups in total. The van der Waals surface area contributed by atoms with Gasteiger partial charge in [-0.1, -0.05) is 0 Å². The summed E-state index contributed by atoms with van der Waals surface area (Å²) in [5.74, 6) is -3.90. The van der Waals surface area contributed by atoms with E-state index in [1.165, 1.54) is 18.2 Å². The van der Waals surface area contributed by atoms with Crippen LogP contribution in [0, 0.1) is 5.82 Å². The van der Waals surface area contributed by atoms with Crippen LogP contribution in [0.15, 0.2) is 32.3 Å². The van der Waals surface area contributed by atoms with Crippen molar-refractivity contribution in [1.29, 1.82) is 0 Å². The molecule has 164 valence electrons. The second-order valence-electron chi connectivity index (χ2n) is 6.35. The Morgan fingerprint density at radius 3 is 2.73 bits per heavy atom. The number of amidine groups is 1. The topological polar surface area (TPSA) is 133 Å². The Morgan fingerprint density at radius 2 is 2.10 bits per heavy atom. The maximum absolute atomic E-state index is 13.3. The van der Waals surface area contributed by atoms with Crippen molar-refractivity contribution in [1.82, 2.24) is 20.1 Å². The SMILES string of the molecule is O=S(=O)(CCCNc1nonc1C(=Nc1ccc(F)c(Br)c1)NO)N1CC(F)(F)C1. The summed E-state index contributed by atoms with van der Waals surface area (Å²) in [5, 5.41) is 19.4. The van der Waals surface area contributed by atoms with Crippen LogP contribution in [0.25, 0.3) is 0 Å². The number of sulfonamides is 1. The molecule has 30 heavy (non-hydrogen) atoms. The highest BCUT2D eigenvalue weighted by Gasteiger charge is 2.49. The third kappa shape index (κ3) is 5.27. The molecule has 0 atom stereocenters. The van der Waals surface area contributed by atoms with E-state index in [-0.39, 0.29) is 46.2 Å². The predicted octanol–water partition coefficient (Wildman–Crippen LogP) is 2.11. The monoisotopic (exact) mass is 512 g/mol. The summed E-state index contributed by atoms with van der Waals surface area (Å²) in [5.41, 5.74) is 2.12. The Kier molecular flexibility index (Phi) is 6.64. The van der Waals surface area contributed by atoms with E-state index >= 15 is 0 Å². The summed E-state index contributed by atoms with van der Waals surface area (Å²) in [4.78, 5) is 4.09. The van der Waals surface area contributed by atoms with E-state index in [1.54, 1.807) is 0 Å². The Hall–Kier alpha value is -2.23. The molecule has 0 radical (unpaired) electrons. The zero-order valence-corrected chi connectivity index (χ0v) is 17.6. The molecule has 2 aromatic rings. The molecule has 10 nitrogen and oxygen atoms in total. The average Bonchev–Trinajstić information content (AvgIpc) is 3.12. The van der Waals surface area contributed by atoms with Gasteiger partial charge in [-0.15, -0.1) is 0 Å². The molecule has 0 unspecified atom stereocenters. The molecule has 1 aromatic carbocycles. The average molecular weight is 513 g/mol. The van der Waals surface area contributed by atoms with E-state index < -0.39 is 34.9 Å². The molecule has 1 aliphatic rings. The molecule has 1 aliphatic heterocycles. The van der Waals surface area contributed by atoms with E-state index in [2.05, 4.69) is 41.2 Å². The van der Waals surface area contributed by atoms with Crippen LogP contribution in [0.4, 0.5) is 24.7 Å². The number of aromatic nitrogens is 2. The second-order valence-corrected chi connectivity index (χ2v) is 9.30. The zero-order chi connectivity index (χ0) is 21.9. The first kappa shape index (κ1) is 22.5. The van der Waals surface area contributed by atoms with Crippen molar-refractivity contribution in [2.75, 3.05) is 30.7 Å². The van der Waals surface area contributed by atoms with Crippen LogP contribution in [0.1, 0.15) is 12.1 Å². The molecule has 0 spiro atoms. The van der Waals surface area contributed by atoms with E-state index in [1.807, 2.05) is 5.48 Å². The van der Waals surface area contributed by atoms with Gasteiger partial charge in [0.05, 0.1) is 29.0 Å². The molecular weight excluding hydrogens is 497 g/mol. The van der Waals surface area contributed by atoms with Crippen molar-refractivity contribution in [3.8, 4) is 0 Å². The predicted molar refractivity (Wildman–Crippen MR) is 103 cm³/mol. The van der Waals surface area contributed by atoms with Gasteiger partial charge >= 0.3 is 0 Å². The van der Waals surface area contributed by atoms with Crippen molar-refractivity contribution in [3.63, 3.8) is 0 Å². The van der Waals surface area contributed by atoms with Gasteiger partial charge in [-0.25, -0.2) is 31.2 Å². The number of hydroxylamine groups is 1. The number of aliphatic imine (C=N–C) groups is 1. The summed E-state index contributed by atoms with van der Waals surface area (Å²) in [7, 11) is -3.77. The van der Waals surface area contributed by atoms with Crippen LogP contribution in [0.2, 0.25) is 0 Å². The van der Waals surface area contributed by atoms with Crippen molar-refractivity contribution < 1.29 is 31.4 Å². The number of rotatable bonds is 8. The van der Waals surface area contributed by atoms with Gasteiger partial charge in [-0.05, 0) is 50.9 Å². The first-order valence-electron chi connectivity index (χ1n) is 8.47. The summed E-state index contributed by atoms with van der Waals surface area (Å²) < 4.78 is 68.5. The Labute approximate surface area is 177 Å². The minimum atomic E-state index is -3.77. The first-order chi connectivity index (χ1) is 14.1. The molecule has 1 aromatic heterocycles. The van der Waals surface area contributed by atoms with Gasteiger partial charge in [0, 0.05) is 6.54 Å². The van der Waals surface area contributed by atoms with E-state index in [9.17, 15) is 26.8 Å². The molecule has 0 aliphatic carbocycles. The van der Waals surface area contributed by atoms with Crippen molar-refractivity contribution in [3.05, 3.63) is 34.2 Å². The largest absolute Gasteiger partial charge is 0.365 e. The lowest BCUT2D eigenvalue weighted by Crippen LogP contribution is -2.58. The van der Waals surface area contributed by atoms with Gasteiger partial charge in [0.25, 0.3) is 5.92 Å². The number of halogens is 4. The number of nitrogens with zero attached hydrogens (tertiary/aromatic N) is 4. The zero-order valence-electron chi connectivity index (χ0n) is 15.1. The summed E-state index contributed by atoms with van der Waals surface area (Å²) in [6.07, 6.45) is 0.0979. The number of hydrogen-bond acceptors (Lipinski definition) is 8. The highest BCUT2D eigenvalue weighted by molar-refractivity contribution is 9.10. The Morgan fingerprint density at radius 1 is 1.37 bits per heavy atom. The van der Waals surface area contributed by atoms with Gasteiger partial charge in [0.15, 0.2) is 11.5 Å². The number of hydrogen-bond donors (Lipinski definition) is 3. The molecule has 15 heteroatoms. The van der Waals surface area contributed by atoms with Crippen LogP contribution in [0.3, 0.4) is 0 Å². The normalized spacial score (nSPS) is 16.9. The number of anilines is 1. The van der Waals surface area contributed by atoms with Gasteiger partial charge in [0.1, 0.15) is 5.82 Å². The highest BCUT2D eigenvalue weighted by atomic mass is 79.9. The smallest absolute Gasteiger partial charge is 0.275 e. The third-order valence-corrected chi connectivity index (χ3v) is 6.50. The van der Waals surface area contributed by atoms with Gasteiger partial charge < -0.3 is 5.32 Å². The molecule has 0 saturated carbocycles. The summed E-state index contributed by atoms with van der Waals surface area (Å²) in [6.45, 7) is -1.51. The molecular formula is C15H16BrF3N6O4S. The minimum Gasteiger partial charge on any atom is -0.365 e. The lowest BCUT2D eigenvalue weighted by atomic mass is 10.2. The van der Waals surface area contributed by atoms with Gasteiger partial charge in [-0.3, -0.25) is 10.7 Å². The van der Waals surface area contributed by atoms with Gasteiger partial charge in [0.2, 0.25) is 15.8 Å². The summed E-state index contributed by atoms with van der Waals surface area (Å²) >= 11 is 3.02. The summed E-state index contributed by atoms with van der Waals surface area (Å²) in [6, 6.07) is 3.91.